The minimum absolute atomic E-state index is 0.0405. The van der Waals surface area contributed by atoms with Gasteiger partial charge in [-0.05, 0) is 6.92 Å². The molecule has 1 rings (SSSR count). The van der Waals surface area contributed by atoms with Crippen LogP contribution in [-0.4, -0.2) is 22.5 Å². The monoisotopic (exact) mass is 212 g/mol. The molecule has 0 amide bonds. The molecule has 0 aliphatic heterocycles. The van der Waals surface area contributed by atoms with E-state index in [1.807, 2.05) is 13.8 Å². The number of halogens is 1. The highest BCUT2D eigenvalue weighted by atomic mass is 19.1. The van der Waals surface area contributed by atoms with Gasteiger partial charge >= 0.3 is 5.97 Å². The summed E-state index contributed by atoms with van der Waals surface area (Å²) in [5.74, 6) is -1.03. The van der Waals surface area contributed by atoms with Crippen molar-refractivity contribution in [2.75, 3.05) is 6.61 Å². The van der Waals surface area contributed by atoms with E-state index in [1.165, 1.54) is 0 Å². The summed E-state index contributed by atoms with van der Waals surface area (Å²) in [6.07, 6.45) is 0.995. The summed E-state index contributed by atoms with van der Waals surface area (Å²) in [4.78, 5) is 18.9. The fourth-order valence-electron chi connectivity index (χ4n) is 1.00. The van der Waals surface area contributed by atoms with Crippen molar-refractivity contribution in [2.24, 2.45) is 0 Å². The zero-order chi connectivity index (χ0) is 11.4. The Kier molecular flexibility index (Phi) is 3.71. The minimum atomic E-state index is -0.752. The van der Waals surface area contributed by atoms with Crippen LogP contribution in [0.1, 0.15) is 43.0 Å². The third-order valence-corrected chi connectivity index (χ3v) is 1.75. The summed E-state index contributed by atoms with van der Waals surface area (Å²) in [5.41, 5.74) is -0.296. The molecule has 0 N–H and O–H groups in total. The van der Waals surface area contributed by atoms with Gasteiger partial charge in [-0.25, -0.2) is 19.2 Å². The van der Waals surface area contributed by atoms with Crippen molar-refractivity contribution in [1.29, 1.82) is 0 Å². The number of hydrogen-bond donors (Lipinski definition) is 0. The van der Waals surface area contributed by atoms with E-state index < -0.39 is 11.8 Å². The third-order valence-electron chi connectivity index (χ3n) is 1.75. The number of hydrogen-bond acceptors (Lipinski definition) is 4. The van der Waals surface area contributed by atoms with Crippen molar-refractivity contribution in [2.45, 2.75) is 26.7 Å². The Balaban J connectivity index is 3.05. The van der Waals surface area contributed by atoms with Crippen LogP contribution in [0.3, 0.4) is 0 Å². The van der Waals surface area contributed by atoms with Gasteiger partial charge in [-0.2, -0.15) is 0 Å². The molecule has 5 heteroatoms. The molecule has 0 spiro atoms. The number of carbonyl (C=O) groups excluding carboxylic acids is 1. The summed E-state index contributed by atoms with van der Waals surface area (Å²) in [5, 5.41) is 0. The maximum absolute atomic E-state index is 13.2. The van der Waals surface area contributed by atoms with Crippen LogP contribution in [0.5, 0.6) is 0 Å². The van der Waals surface area contributed by atoms with Crippen molar-refractivity contribution < 1.29 is 13.9 Å². The van der Waals surface area contributed by atoms with Crippen LogP contribution < -0.4 is 0 Å². The van der Waals surface area contributed by atoms with Crippen molar-refractivity contribution in [3.63, 3.8) is 0 Å². The van der Waals surface area contributed by atoms with Crippen LogP contribution in [0.25, 0.3) is 0 Å². The average molecular weight is 212 g/mol. The normalized spacial score (nSPS) is 10.5. The van der Waals surface area contributed by atoms with E-state index >= 15 is 0 Å². The summed E-state index contributed by atoms with van der Waals surface area (Å²) in [7, 11) is 0. The van der Waals surface area contributed by atoms with E-state index in [0.717, 1.165) is 6.20 Å². The molecular weight excluding hydrogens is 199 g/mol. The lowest BCUT2D eigenvalue weighted by Crippen LogP contribution is -2.13. The van der Waals surface area contributed by atoms with Gasteiger partial charge in [-0.1, -0.05) is 13.8 Å². The molecule has 0 saturated carbocycles. The van der Waals surface area contributed by atoms with Gasteiger partial charge in [0.05, 0.1) is 12.8 Å². The minimum Gasteiger partial charge on any atom is -0.461 e. The molecule has 82 valence electrons. The predicted molar refractivity (Wildman–Crippen MR) is 52.0 cm³/mol. The van der Waals surface area contributed by atoms with Gasteiger partial charge in [0.15, 0.2) is 11.5 Å². The molecule has 0 atom stereocenters. The van der Waals surface area contributed by atoms with E-state index in [0.29, 0.717) is 5.82 Å². The molecule has 1 heterocycles. The molecule has 0 unspecified atom stereocenters. The van der Waals surface area contributed by atoms with Crippen LogP contribution in [0.2, 0.25) is 0 Å². The zero-order valence-corrected chi connectivity index (χ0v) is 8.95. The molecular formula is C10H13FN2O2. The summed E-state index contributed by atoms with van der Waals surface area (Å²) in [6.45, 7) is 5.57. The maximum atomic E-state index is 13.2. The number of ether oxygens (including phenoxy) is 1. The largest absolute Gasteiger partial charge is 0.461 e. The first kappa shape index (κ1) is 11.6. The number of carbonyl (C=O) groups is 1. The molecule has 0 radical (unpaired) electrons. The van der Waals surface area contributed by atoms with E-state index in [-0.39, 0.29) is 18.2 Å². The molecule has 1 aromatic rings. The number of aromatic nitrogens is 2. The van der Waals surface area contributed by atoms with E-state index in [9.17, 15) is 9.18 Å². The second kappa shape index (κ2) is 4.82. The summed E-state index contributed by atoms with van der Waals surface area (Å²) >= 11 is 0. The van der Waals surface area contributed by atoms with Crippen molar-refractivity contribution >= 4 is 5.97 Å². The first-order valence-electron chi connectivity index (χ1n) is 4.75. The molecule has 0 fully saturated rings. The molecule has 1 aromatic heterocycles. The van der Waals surface area contributed by atoms with Crippen molar-refractivity contribution in [3.05, 3.63) is 23.5 Å². The van der Waals surface area contributed by atoms with Gasteiger partial charge < -0.3 is 4.74 Å². The second-order valence-corrected chi connectivity index (χ2v) is 3.30. The van der Waals surface area contributed by atoms with Crippen LogP contribution in [0.4, 0.5) is 4.39 Å². The Bertz CT molecular complexity index is 366. The van der Waals surface area contributed by atoms with E-state index in [2.05, 4.69) is 14.7 Å². The number of nitrogens with zero attached hydrogens (tertiary/aromatic N) is 2. The van der Waals surface area contributed by atoms with Crippen LogP contribution in [0, 0.1) is 5.82 Å². The van der Waals surface area contributed by atoms with Gasteiger partial charge in [0, 0.05) is 5.92 Å². The fourth-order valence-corrected chi connectivity index (χ4v) is 1.00. The second-order valence-electron chi connectivity index (χ2n) is 3.30. The first-order chi connectivity index (χ1) is 7.06. The lowest BCUT2D eigenvalue weighted by Gasteiger charge is -2.06. The van der Waals surface area contributed by atoms with Gasteiger partial charge in [0.2, 0.25) is 0 Å². The van der Waals surface area contributed by atoms with Crippen LogP contribution >= 0.6 is 0 Å². The quantitative estimate of drug-likeness (QED) is 0.718. The Hall–Kier alpha value is -1.52. The van der Waals surface area contributed by atoms with E-state index in [1.54, 1.807) is 6.92 Å². The Morgan fingerprint density at radius 2 is 2.27 bits per heavy atom. The Morgan fingerprint density at radius 1 is 1.60 bits per heavy atom. The smallest absolute Gasteiger partial charge is 0.360 e. The average Bonchev–Trinajstić information content (AvgIpc) is 2.18. The fraction of sp³-hybridized carbons (Fsp3) is 0.500. The first-order valence-corrected chi connectivity index (χ1v) is 4.75. The zero-order valence-electron chi connectivity index (χ0n) is 8.95. The molecule has 4 nitrogen and oxygen atoms in total. The Morgan fingerprint density at radius 3 is 2.80 bits per heavy atom. The highest BCUT2D eigenvalue weighted by molar-refractivity contribution is 5.87. The summed E-state index contributed by atoms with van der Waals surface area (Å²) < 4.78 is 17.9. The topological polar surface area (TPSA) is 52.1 Å². The number of esters is 1. The van der Waals surface area contributed by atoms with Gasteiger partial charge in [-0.15, -0.1) is 0 Å². The Labute approximate surface area is 87.5 Å². The van der Waals surface area contributed by atoms with Crippen molar-refractivity contribution in [3.8, 4) is 0 Å². The molecule has 0 bridgehead atoms. The van der Waals surface area contributed by atoms with Crippen LogP contribution in [-0.2, 0) is 4.74 Å². The highest BCUT2D eigenvalue weighted by Crippen LogP contribution is 2.11. The maximum Gasteiger partial charge on any atom is 0.360 e. The molecule has 0 saturated heterocycles. The lowest BCUT2D eigenvalue weighted by molar-refractivity contribution is 0.0512. The van der Waals surface area contributed by atoms with Gasteiger partial charge in [-0.3, -0.25) is 0 Å². The van der Waals surface area contributed by atoms with Gasteiger partial charge in [0.1, 0.15) is 5.82 Å². The van der Waals surface area contributed by atoms with Crippen molar-refractivity contribution in [1.82, 2.24) is 9.97 Å². The summed E-state index contributed by atoms with van der Waals surface area (Å²) in [6, 6.07) is 0. The third kappa shape index (κ3) is 2.71. The van der Waals surface area contributed by atoms with E-state index in [4.69, 9.17) is 0 Å². The lowest BCUT2D eigenvalue weighted by atomic mass is 10.2. The van der Waals surface area contributed by atoms with Gasteiger partial charge in [0.25, 0.3) is 0 Å². The SMILES string of the molecule is CCOC(=O)c1nc(C(C)C)ncc1F. The highest BCUT2D eigenvalue weighted by Gasteiger charge is 2.17. The molecule has 15 heavy (non-hydrogen) atoms. The van der Waals surface area contributed by atoms with Crippen LogP contribution in [0.15, 0.2) is 6.20 Å². The molecule has 0 aromatic carbocycles. The predicted octanol–water partition coefficient (Wildman–Crippen LogP) is 1.92. The standard InChI is InChI=1S/C10H13FN2O2/c1-4-15-10(14)8-7(11)5-12-9(13-8)6(2)3/h5-6H,4H2,1-3H3. The molecule has 0 aliphatic rings. The number of rotatable bonds is 3. The molecule has 0 aliphatic carbocycles.